The van der Waals surface area contributed by atoms with Gasteiger partial charge < -0.3 is 10.2 Å². The molecule has 1 aromatic rings. The van der Waals surface area contributed by atoms with Crippen molar-refractivity contribution in [3.8, 4) is 0 Å². The lowest BCUT2D eigenvalue weighted by atomic mass is 10.1. The molecule has 0 heterocycles. The summed E-state index contributed by atoms with van der Waals surface area (Å²) < 4.78 is 0. The average molecular weight is 232 g/mol. The third-order valence-corrected chi connectivity index (χ3v) is 3.60. The summed E-state index contributed by atoms with van der Waals surface area (Å²) >= 11 is 0. The Kier molecular flexibility index (Phi) is 4.06. The molecule has 0 amide bonds. The lowest BCUT2D eigenvalue weighted by Crippen LogP contribution is -2.20. The number of anilines is 1. The molecule has 17 heavy (non-hydrogen) atoms. The summed E-state index contributed by atoms with van der Waals surface area (Å²) in [6.07, 6.45) is 3.90. The van der Waals surface area contributed by atoms with Crippen LogP contribution < -0.4 is 10.2 Å². The third kappa shape index (κ3) is 3.22. The van der Waals surface area contributed by atoms with Crippen LogP contribution in [0.5, 0.6) is 0 Å². The lowest BCUT2D eigenvalue weighted by molar-refractivity contribution is 0.571. The van der Waals surface area contributed by atoms with Crippen LogP contribution in [-0.4, -0.2) is 19.6 Å². The first kappa shape index (κ1) is 12.4. The summed E-state index contributed by atoms with van der Waals surface area (Å²) in [6.45, 7) is 5.52. The van der Waals surface area contributed by atoms with E-state index in [1.165, 1.54) is 30.5 Å². The van der Waals surface area contributed by atoms with Crippen molar-refractivity contribution < 1.29 is 0 Å². The molecule has 0 aromatic heterocycles. The zero-order valence-corrected chi connectivity index (χ0v) is 11.2. The zero-order valence-electron chi connectivity index (χ0n) is 11.2. The van der Waals surface area contributed by atoms with Crippen LogP contribution in [0.2, 0.25) is 0 Å². The highest BCUT2D eigenvalue weighted by molar-refractivity contribution is 5.49. The highest BCUT2D eigenvalue weighted by Gasteiger charge is 2.26. The van der Waals surface area contributed by atoms with Crippen molar-refractivity contribution in [2.24, 2.45) is 0 Å². The van der Waals surface area contributed by atoms with E-state index in [0.29, 0.717) is 6.04 Å². The second-order valence-electron chi connectivity index (χ2n) is 5.11. The number of rotatable bonds is 6. The number of nitrogens with one attached hydrogen (secondary N) is 1. The molecule has 0 aliphatic heterocycles. The van der Waals surface area contributed by atoms with Gasteiger partial charge in [0.25, 0.3) is 0 Å². The Bertz CT molecular complexity index is 340. The minimum absolute atomic E-state index is 0.454. The van der Waals surface area contributed by atoms with E-state index in [1.807, 2.05) is 0 Å². The normalized spacial score (nSPS) is 16.9. The molecule has 0 bridgehead atoms. The molecule has 0 saturated heterocycles. The monoisotopic (exact) mass is 232 g/mol. The summed E-state index contributed by atoms with van der Waals surface area (Å²) in [6, 6.07) is 10.2. The molecule has 1 aliphatic carbocycles. The Labute approximate surface area is 105 Å². The first-order valence-corrected chi connectivity index (χ1v) is 6.78. The van der Waals surface area contributed by atoms with Gasteiger partial charge in [-0.05, 0) is 50.4 Å². The highest BCUT2D eigenvalue weighted by Crippen LogP contribution is 2.30. The maximum atomic E-state index is 3.52. The molecule has 1 unspecified atom stereocenters. The largest absolute Gasteiger partial charge is 0.372 e. The number of benzene rings is 1. The van der Waals surface area contributed by atoms with Gasteiger partial charge in [0.2, 0.25) is 0 Å². The predicted octanol–water partition coefficient (Wildman–Crippen LogP) is 3.35. The molecule has 1 aromatic carbocycles. The maximum Gasteiger partial charge on any atom is 0.0366 e. The Balaban J connectivity index is 1.96. The summed E-state index contributed by atoms with van der Waals surface area (Å²) in [5, 5.41) is 3.52. The minimum Gasteiger partial charge on any atom is -0.372 e. The lowest BCUT2D eigenvalue weighted by Gasteiger charge is -2.20. The van der Waals surface area contributed by atoms with Crippen LogP contribution in [-0.2, 0) is 0 Å². The van der Waals surface area contributed by atoms with E-state index in [0.717, 1.165) is 12.6 Å². The van der Waals surface area contributed by atoms with Crippen molar-refractivity contribution in [3.05, 3.63) is 29.8 Å². The molecule has 1 saturated carbocycles. The van der Waals surface area contributed by atoms with Crippen molar-refractivity contribution in [2.45, 2.75) is 45.2 Å². The Morgan fingerprint density at radius 1 is 1.29 bits per heavy atom. The maximum absolute atomic E-state index is 3.52. The van der Waals surface area contributed by atoms with Gasteiger partial charge in [-0.15, -0.1) is 0 Å². The fourth-order valence-corrected chi connectivity index (χ4v) is 2.15. The van der Waals surface area contributed by atoms with Crippen molar-refractivity contribution in [1.29, 1.82) is 0 Å². The van der Waals surface area contributed by atoms with Crippen LogP contribution in [0.25, 0.3) is 0 Å². The summed E-state index contributed by atoms with van der Waals surface area (Å²) in [5.41, 5.74) is 2.73. The van der Waals surface area contributed by atoms with E-state index in [9.17, 15) is 0 Å². The van der Waals surface area contributed by atoms with Gasteiger partial charge >= 0.3 is 0 Å². The smallest absolute Gasteiger partial charge is 0.0366 e. The van der Waals surface area contributed by atoms with Crippen molar-refractivity contribution in [1.82, 2.24) is 5.32 Å². The first-order valence-electron chi connectivity index (χ1n) is 6.78. The predicted molar refractivity (Wildman–Crippen MR) is 74.6 cm³/mol. The second kappa shape index (κ2) is 5.54. The van der Waals surface area contributed by atoms with Gasteiger partial charge in [0.05, 0.1) is 0 Å². The van der Waals surface area contributed by atoms with Crippen LogP contribution >= 0.6 is 0 Å². The molecule has 2 heteroatoms. The van der Waals surface area contributed by atoms with Gasteiger partial charge in [-0.3, -0.25) is 0 Å². The molecular formula is C15H24N2. The Hall–Kier alpha value is -1.02. The van der Waals surface area contributed by atoms with Crippen LogP contribution in [0, 0.1) is 0 Å². The number of hydrogen-bond acceptors (Lipinski definition) is 2. The second-order valence-corrected chi connectivity index (χ2v) is 5.11. The van der Waals surface area contributed by atoms with E-state index in [4.69, 9.17) is 0 Å². The topological polar surface area (TPSA) is 15.3 Å². The van der Waals surface area contributed by atoms with E-state index >= 15 is 0 Å². The molecule has 0 spiro atoms. The van der Waals surface area contributed by atoms with Gasteiger partial charge in [0, 0.05) is 24.8 Å². The molecule has 2 nitrogen and oxygen atoms in total. The molecule has 1 fully saturated rings. The minimum atomic E-state index is 0.454. The van der Waals surface area contributed by atoms with Crippen molar-refractivity contribution >= 4 is 5.69 Å². The van der Waals surface area contributed by atoms with E-state index < -0.39 is 0 Å². The van der Waals surface area contributed by atoms with Gasteiger partial charge in [0.15, 0.2) is 0 Å². The molecule has 1 aliphatic rings. The van der Waals surface area contributed by atoms with Gasteiger partial charge in [-0.2, -0.15) is 0 Å². The SMILES string of the molecule is CCCNC(C)c1ccc(N(C)C2CC2)cc1. The van der Waals surface area contributed by atoms with Crippen LogP contribution in [0.15, 0.2) is 24.3 Å². The third-order valence-electron chi connectivity index (χ3n) is 3.60. The fourth-order valence-electron chi connectivity index (χ4n) is 2.15. The van der Waals surface area contributed by atoms with Crippen molar-refractivity contribution in [3.63, 3.8) is 0 Å². The van der Waals surface area contributed by atoms with Gasteiger partial charge in [0.1, 0.15) is 0 Å². The zero-order chi connectivity index (χ0) is 12.3. The Morgan fingerprint density at radius 2 is 1.94 bits per heavy atom. The summed E-state index contributed by atoms with van der Waals surface area (Å²) in [5.74, 6) is 0. The number of hydrogen-bond donors (Lipinski definition) is 1. The molecule has 2 rings (SSSR count). The van der Waals surface area contributed by atoms with Crippen LogP contribution in [0.3, 0.4) is 0 Å². The van der Waals surface area contributed by atoms with E-state index in [-0.39, 0.29) is 0 Å². The molecule has 0 radical (unpaired) electrons. The van der Waals surface area contributed by atoms with Crippen LogP contribution in [0.4, 0.5) is 5.69 Å². The summed E-state index contributed by atoms with van der Waals surface area (Å²) in [7, 11) is 2.20. The fraction of sp³-hybridized carbons (Fsp3) is 0.600. The quantitative estimate of drug-likeness (QED) is 0.809. The van der Waals surface area contributed by atoms with Crippen molar-refractivity contribution in [2.75, 3.05) is 18.5 Å². The highest BCUT2D eigenvalue weighted by atomic mass is 15.2. The Morgan fingerprint density at radius 3 is 2.47 bits per heavy atom. The first-order chi connectivity index (χ1) is 8.22. The molecule has 1 atom stereocenters. The van der Waals surface area contributed by atoms with Gasteiger partial charge in [-0.1, -0.05) is 19.1 Å². The molecule has 1 N–H and O–H groups in total. The molecule has 94 valence electrons. The van der Waals surface area contributed by atoms with E-state index in [1.54, 1.807) is 0 Å². The molecular weight excluding hydrogens is 208 g/mol. The van der Waals surface area contributed by atoms with Gasteiger partial charge in [-0.25, -0.2) is 0 Å². The van der Waals surface area contributed by atoms with E-state index in [2.05, 4.69) is 55.4 Å². The van der Waals surface area contributed by atoms with Crippen LogP contribution in [0.1, 0.15) is 44.7 Å². The number of nitrogens with zero attached hydrogens (tertiary/aromatic N) is 1. The average Bonchev–Trinajstić information content (AvgIpc) is 3.19. The summed E-state index contributed by atoms with van der Waals surface area (Å²) in [4.78, 5) is 2.40. The standard InChI is InChI=1S/C15H24N2/c1-4-11-16-12(2)13-5-7-14(8-6-13)17(3)15-9-10-15/h5-8,12,15-16H,4,9-11H2,1-3H3.